The summed E-state index contributed by atoms with van der Waals surface area (Å²) in [6.07, 6.45) is 0.831. The summed E-state index contributed by atoms with van der Waals surface area (Å²) < 4.78 is 1.76. The highest BCUT2D eigenvalue weighted by Crippen LogP contribution is 2.26. The lowest BCUT2D eigenvalue weighted by Crippen LogP contribution is -3.14. The third-order valence-electron chi connectivity index (χ3n) is 5.72. The number of likely N-dealkylation sites (N-methyl/N-ethyl adjacent to an activating group) is 1. The number of carbonyl (C=O) groups is 1. The average molecular weight is 404 g/mol. The maximum absolute atomic E-state index is 13.1. The number of benzene rings is 1. The first kappa shape index (κ1) is 20.9. The second-order valence-corrected chi connectivity index (χ2v) is 8.84. The average Bonchev–Trinajstić information content (AvgIpc) is 2.73. The summed E-state index contributed by atoms with van der Waals surface area (Å²) in [7, 11) is 0. The fourth-order valence-electron chi connectivity index (χ4n) is 3.64. The van der Waals surface area contributed by atoms with E-state index in [9.17, 15) is 9.59 Å². The van der Waals surface area contributed by atoms with Crippen LogP contribution in [0.1, 0.15) is 40.2 Å². The highest BCUT2D eigenvalue weighted by atomic mass is 32.2. The summed E-state index contributed by atoms with van der Waals surface area (Å²) in [5, 5.41) is 0.994. The first-order valence-electron chi connectivity index (χ1n) is 10.3. The third kappa shape index (κ3) is 4.25. The third-order valence-corrected chi connectivity index (χ3v) is 6.77. The molecule has 1 saturated heterocycles. The van der Waals surface area contributed by atoms with E-state index in [4.69, 9.17) is 4.98 Å². The Balaban J connectivity index is 1.86. The predicted molar refractivity (Wildman–Crippen MR) is 114 cm³/mol. The zero-order valence-corrected chi connectivity index (χ0v) is 18.1. The lowest BCUT2D eigenvalue weighted by molar-refractivity contribution is -0.902. The molecule has 1 aliphatic rings. The predicted octanol–water partition coefficient (Wildman–Crippen LogP) is 1.60. The molecule has 1 aromatic heterocycles. The molecular formula is C21H31N4O2S+. The number of rotatable bonds is 6. The van der Waals surface area contributed by atoms with Gasteiger partial charge in [-0.1, -0.05) is 30.8 Å². The first-order valence-corrected chi connectivity index (χ1v) is 11.1. The Hall–Kier alpha value is -1.86. The topological polar surface area (TPSA) is 59.6 Å². The van der Waals surface area contributed by atoms with Crippen LogP contribution in [-0.4, -0.2) is 58.3 Å². The molecule has 2 heterocycles. The summed E-state index contributed by atoms with van der Waals surface area (Å²) >= 11 is 1.41. The summed E-state index contributed by atoms with van der Waals surface area (Å²) in [5.41, 5.74) is 0.664. The number of hydrogen-bond donors (Lipinski definition) is 1. The van der Waals surface area contributed by atoms with Gasteiger partial charge in [0.05, 0.1) is 48.9 Å². The number of amides is 1. The second kappa shape index (κ2) is 9.09. The number of carbonyl (C=O) groups excluding carboxylic acids is 1. The van der Waals surface area contributed by atoms with Crippen molar-refractivity contribution in [2.75, 3.05) is 32.7 Å². The van der Waals surface area contributed by atoms with Gasteiger partial charge in [-0.2, -0.15) is 0 Å². The quantitative estimate of drug-likeness (QED) is 0.588. The van der Waals surface area contributed by atoms with E-state index in [1.807, 2.05) is 43.0 Å². The molecule has 0 saturated carbocycles. The molecule has 0 spiro atoms. The van der Waals surface area contributed by atoms with Crippen LogP contribution in [0.3, 0.4) is 0 Å². The van der Waals surface area contributed by atoms with Crippen molar-refractivity contribution >= 4 is 28.6 Å². The Morgan fingerprint density at radius 1 is 1.21 bits per heavy atom. The first-order chi connectivity index (χ1) is 13.5. The number of fused-ring (bicyclic) bond motifs is 1. The van der Waals surface area contributed by atoms with Crippen LogP contribution in [0.2, 0.25) is 0 Å². The Kier molecular flexibility index (Phi) is 6.78. The van der Waals surface area contributed by atoms with Crippen LogP contribution in [0.25, 0.3) is 10.9 Å². The van der Waals surface area contributed by atoms with Crippen molar-refractivity contribution in [3.8, 4) is 0 Å². The highest BCUT2D eigenvalue weighted by Gasteiger charge is 2.28. The normalized spacial score (nSPS) is 17.6. The number of nitrogens with zero attached hydrogens (tertiary/aromatic N) is 3. The zero-order valence-electron chi connectivity index (χ0n) is 17.3. The number of quaternary nitrogens is 1. The van der Waals surface area contributed by atoms with Crippen LogP contribution in [0, 0.1) is 0 Å². The van der Waals surface area contributed by atoms with Crippen molar-refractivity contribution in [3.63, 3.8) is 0 Å². The Bertz CT molecular complexity index is 890. The zero-order chi connectivity index (χ0) is 20.3. The molecule has 1 N–H and O–H groups in total. The van der Waals surface area contributed by atoms with Crippen molar-refractivity contribution in [3.05, 3.63) is 34.6 Å². The molecule has 3 rings (SSSR count). The van der Waals surface area contributed by atoms with Crippen molar-refractivity contribution in [1.82, 2.24) is 14.5 Å². The summed E-state index contributed by atoms with van der Waals surface area (Å²) in [4.78, 5) is 34.3. The van der Waals surface area contributed by atoms with E-state index in [2.05, 4.69) is 13.8 Å². The van der Waals surface area contributed by atoms with Gasteiger partial charge in [0, 0.05) is 6.04 Å². The van der Waals surface area contributed by atoms with Crippen LogP contribution in [-0.2, 0) is 4.79 Å². The van der Waals surface area contributed by atoms with Crippen molar-refractivity contribution in [2.45, 2.75) is 50.6 Å². The molecule has 1 amide bonds. The standard InChI is InChI=1S/C21H30N4O2S/c1-5-15(3)25-20(27)17-9-7-8-10-18(17)22-21(25)28-16(4)19(26)24-13-11-23(6-2)12-14-24/h7-10,15-16H,5-6,11-14H2,1-4H3/p+1/t15-,16-/m1/s1. The van der Waals surface area contributed by atoms with Gasteiger partial charge in [0.15, 0.2) is 5.16 Å². The monoisotopic (exact) mass is 403 g/mol. The minimum atomic E-state index is -0.272. The molecule has 6 nitrogen and oxygen atoms in total. The van der Waals surface area contributed by atoms with Crippen LogP contribution >= 0.6 is 11.8 Å². The minimum absolute atomic E-state index is 0.0257. The van der Waals surface area contributed by atoms with E-state index in [-0.39, 0.29) is 22.8 Å². The molecule has 1 fully saturated rings. The molecular weight excluding hydrogens is 372 g/mol. The van der Waals surface area contributed by atoms with Crippen LogP contribution < -0.4 is 10.5 Å². The van der Waals surface area contributed by atoms with Gasteiger partial charge in [-0.15, -0.1) is 0 Å². The lowest BCUT2D eigenvalue weighted by atomic mass is 10.2. The van der Waals surface area contributed by atoms with Gasteiger partial charge < -0.3 is 9.80 Å². The summed E-state index contributed by atoms with van der Waals surface area (Å²) in [5.74, 6) is 0.137. The SMILES string of the molecule is CC[C@@H](C)n1c(S[C@H](C)C(=O)N2CC[NH+](CC)CC2)nc2ccccc2c1=O. The minimum Gasteiger partial charge on any atom is -0.332 e. The fraction of sp³-hybridized carbons (Fsp3) is 0.571. The van der Waals surface area contributed by atoms with Gasteiger partial charge in [0.2, 0.25) is 5.91 Å². The van der Waals surface area contributed by atoms with Crippen LogP contribution in [0.4, 0.5) is 0 Å². The number of hydrogen-bond acceptors (Lipinski definition) is 4. The van der Waals surface area contributed by atoms with Gasteiger partial charge in [-0.05, 0) is 39.3 Å². The molecule has 7 heteroatoms. The van der Waals surface area contributed by atoms with Crippen molar-refractivity contribution in [1.29, 1.82) is 0 Å². The Morgan fingerprint density at radius 3 is 2.54 bits per heavy atom. The smallest absolute Gasteiger partial charge is 0.262 e. The summed E-state index contributed by atoms with van der Waals surface area (Å²) in [6, 6.07) is 7.47. The molecule has 0 unspecified atom stereocenters. The van der Waals surface area contributed by atoms with E-state index in [1.165, 1.54) is 11.8 Å². The summed E-state index contributed by atoms with van der Waals surface area (Å²) in [6.45, 7) is 12.9. The second-order valence-electron chi connectivity index (χ2n) is 7.53. The van der Waals surface area contributed by atoms with Gasteiger partial charge in [-0.3, -0.25) is 14.2 Å². The van der Waals surface area contributed by atoms with Crippen LogP contribution in [0.15, 0.2) is 34.2 Å². The van der Waals surface area contributed by atoms with E-state index in [1.54, 1.807) is 9.47 Å². The number of aromatic nitrogens is 2. The molecule has 152 valence electrons. The lowest BCUT2D eigenvalue weighted by Gasteiger charge is -2.33. The highest BCUT2D eigenvalue weighted by molar-refractivity contribution is 8.00. The Morgan fingerprint density at radius 2 is 1.89 bits per heavy atom. The van der Waals surface area contributed by atoms with Gasteiger partial charge >= 0.3 is 0 Å². The fourth-order valence-corrected chi connectivity index (χ4v) is 4.74. The molecule has 0 bridgehead atoms. The van der Waals surface area contributed by atoms with E-state index in [0.717, 1.165) is 39.1 Å². The molecule has 2 aromatic rings. The Labute approximate surface area is 170 Å². The van der Waals surface area contributed by atoms with E-state index >= 15 is 0 Å². The number of thioether (sulfide) groups is 1. The van der Waals surface area contributed by atoms with Gasteiger partial charge in [0.1, 0.15) is 0 Å². The van der Waals surface area contributed by atoms with E-state index < -0.39 is 0 Å². The van der Waals surface area contributed by atoms with Crippen molar-refractivity contribution in [2.24, 2.45) is 0 Å². The number of nitrogens with one attached hydrogen (secondary N) is 1. The number of piperazine rings is 1. The van der Waals surface area contributed by atoms with Crippen LogP contribution in [0.5, 0.6) is 0 Å². The maximum Gasteiger partial charge on any atom is 0.262 e. The maximum atomic E-state index is 13.1. The molecule has 1 aromatic carbocycles. The molecule has 2 atom stereocenters. The molecule has 0 aliphatic carbocycles. The molecule has 28 heavy (non-hydrogen) atoms. The van der Waals surface area contributed by atoms with Gasteiger partial charge in [0.25, 0.3) is 5.56 Å². The number of para-hydroxylation sites is 1. The van der Waals surface area contributed by atoms with Gasteiger partial charge in [-0.25, -0.2) is 4.98 Å². The van der Waals surface area contributed by atoms with Crippen molar-refractivity contribution < 1.29 is 9.69 Å². The van der Waals surface area contributed by atoms with E-state index in [0.29, 0.717) is 16.1 Å². The largest absolute Gasteiger partial charge is 0.332 e. The molecule has 0 radical (unpaired) electrons. The molecule has 1 aliphatic heterocycles.